The van der Waals surface area contributed by atoms with Gasteiger partial charge in [-0.05, 0) is 26.7 Å². The first-order valence-corrected chi connectivity index (χ1v) is 4.97. The third-order valence-corrected chi connectivity index (χ3v) is 2.57. The highest BCUT2D eigenvalue weighted by Crippen LogP contribution is 2.29. The van der Waals surface area contributed by atoms with Crippen molar-refractivity contribution in [3.8, 4) is 0 Å². The molecule has 3 nitrogen and oxygen atoms in total. The average molecular weight is 196 g/mol. The van der Waals surface area contributed by atoms with Gasteiger partial charge in [0.2, 0.25) is 0 Å². The van der Waals surface area contributed by atoms with Gasteiger partial charge in [0.1, 0.15) is 5.41 Å². The first-order chi connectivity index (χ1) is 6.61. The van der Waals surface area contributed by atoms with Crippen LogP contribution in [-0.2, 0) is 14.3 Å². The van der Waals surface area contributed by atoms with Gasteiger partial charge in [0.15, 0.2) is 5.78 Å². The normalized spacial score (nSPS) is 27.1. The molecule has 3 heteroatoms. The van der Waals surface area contributed by atoms with E-state index in [0.717, 1.165) is 6.42 Å². The molecule has 0 N–H and O–H groups in total. The third-order valence-electron chi connectivity index (χ3n) is 2.57. The maximum Gasteiger partial charge on any atom is 0.319 e. The summed E-state index contributed by atoms with van der Waals surface area (Å²) in [6.07, 6.45) is 5.47. The average Bonchev–Trinajstić information content (AvgIpc) is 2.31. The molecule has 0 aromatic rings. The maximum atomic E-state index is 11.7. The van der Waals surface area contributed by atoms with E-state index in [-0.39, 0.29) is 5.78 Å². The minimum atomic E-state index is -0.955. The Balaban J connectivity index is 2.82. The van der Waals surface area contributed by atoms with Gasteiger partial charge >= 0.3 is 5.97 Å². The van der Waals surface area contributed by atoms with Gasteiger partial charge in [-0.1, -0.05) is 12.2 Å². The Morgan fingerprint density at radius 1 is 1.57 bits per heavy atom. The van der Waals surface area contributed by atoms with E-state index in [1.165, 1.54) is 0 Å². The standard InChI is InChI=1S/C11H16O3/c1-3-14-10(13)11(2)8-6-4-5-7-9(11)12/h4,6H,3,5,7-8H2,1-2H3. The van der Waals surface area contributed by atoms with E-state index in [0.29, 0.717) is 19.4 Å². The molecule has 1 rings (SSSR count). The van der Waals surface area contributed by atoms with Crippen LogP contribution in [0.3, 0.4) is 0 Å². The van der Waals surface area contributed by atoms with E-state index < -0.39 is 11.4 Å². The minimum Gasteiger partial charge on any atom is -0.465 e. The van der Waals surface area contributed by atoms with Crippen LogP contribution in [0.4, 0.5) is 0 Å². The summed E-state index contributed by atoms with van der Waals surface area (Å²) in [7, 11) is 0. The Morgan fingerprint density at radius 3 is 2.93 bits per heavy atom. The number of rotatable bonds is 2. The van der Waals surface area contributed by atoms with Gasteiger partial charge in [0.25, 0.3) is 0 Å². The topological polar surface area (TPSA) is 43.4 Å². The predicted molar refractivity (Wildman–Crippen MR) is 52.7 cm³/mol. The lowest BCUT2D eigenvalue weighted by Crippen LogP contribution is -2.37. The van der Waals surface area contributed by atoms with Crippen molar-refractivity contribution in [2.24, 2.45) is 5.41 Å². The van der Waals surface area contributed by atoms with Gasteiger partial charge < -0.3 is 4.74 Å². The molecule has 0 radical (unpaired) electrons. The fourth-order valence-corrected chi connectivity index (χ4v) is 1.53. The molecule has 1 aliphatic carbocycles. The second-order valence-corrected chi connectivity index (χ2v) is 3.69. The van der Waals surface area contributed by atoms with Crippen LogP contribution in [0, 0.1) is 5.41 Å². The molecule has 0 aromatic heterocycles. The highest BCUT2D eigenvalue weighted by molar-refractivity contribution is 6.03. The SMILES string of the molecule is CCOC(=O)C1(C)CC=CCCC1=O. The van der Waals surface area contributed by atoms with Crippen LogP contribution in [0.5, 0.6) is 0 Å². The van der Waals surface area contributed by atoms with E-state index in [2.05, 4.69) is 0 Å². The number of carbonyl (C=O) groups excluding carboxylic acids is 2. The number of allylic oxidation sites excluding steroid dienone is 2. The molecule has 0 heterocycles. The largest absolute Gasteiger partial charge is 0.465 e. The Bertz CT molecular complexity index is 268. The first-order valence-electron chi connectivity index (χ1n) is 4.97. The summed E-state index contributed by atoms with van der Waals surface area (Å²) in [5.74, 6) is -0.405. The van der Waals surface area contributed by atoms with Crippen molar-refractivity contribution >= 4 is 11.8 Å². The molecule has 78 valence electrons. The second kappa shape index (κ2) is 4.40. The molecule has 1 unspecified atom stereocenters. The van der Waals surface area contributed by atoms with E-state index in [1.54, 1.807) is 13.8 Å². The van der Waals surface area contributed by atoms with Gasteiger partial charge in [-0.3, -0.25) is 9.59 Å². The van der Waals surface area contributed by atoms with Crippen LogP contribution in [0.2, 0.25) is 0 Å². The monoisotopic (exact) mass is 196 g/mol. The lowest BCUT2D eigenvalue weighted by Gasteiger charge is -2.22. The molecule has 0 spiro atoms. The van der Waals surface area contributed by atoms with Crippen molar-refractivity contribution in [2.45, 2.75) is 33.1 Å². The van der Waals surface area contributed by atoms with Gasteiger partial charge in [0.05, 0.1) is 6.61 Å². The zero-order chi connectivity index (χ0) is 10.6. The summed E-state index contributed by atoms with van der Waals surface area (Å²) >= 11 is 0. The molecule has 0 saturated carbocycles. The minimum absolute atomic E-state index is 0.0130. The molecule has 0 bridgehead atoms. The third kappa shape index (κ3) is 2.03. The Kier molecular flexibility index (Phi) is 3.44. The van der Waals surface area contributed by atoms with Crippen LogP contribution in [0.15, 0.2) is 12.2 Å². The van der Waals surface area contributed by atoms with Gasteiger partial charge in [-0.15, -0.1) is 0 Å². The molecular weight excluding hydrogens is 180 g/mol. The lowest BCUT2D eigenvalue weighted by atomic mass is 9.82. The number of ether oxygens (including phenoxy) is 1. The number of carbonyl (C=O) groups is 2. The lowest BCUT2D eigenvalue weighted by molar-refractivity contribution is -0.158. The quantitative estimate of drug-likeness (QED) is 0.384. The fourth-order valence-electron chi connectivity index (χ4n) is 1.53. The molecule has 0 saturated heterocycles. The van der Waals surface area contributed by atoms with E-state index in [9.17, 15) is 9.59 Å². The summed E-state index contributed by atoms with van der Waals surface area (Å²) in [5.41, 5.74) is -0.955. The van der Waals surface area contributed by atoms with Crippen molar-refractivity contribution in [1.29, 1.82) is 0 Å². The summed E-state index contributed by atoms with van der Waals surface area (Å²) < 4.78 is 4.92. The number of ketones is 1. The van der Waals surface area contributed by atoms with E-state index in [1.807, 2.05) is 12.2 Å². The fraction of sp³-hybridized carbons (Fsp3) is 0.636. The first kappa shape index (κ1) is 11.0. The van der Waals surface area contributed by atoms with Gasteiger partial charge in [-0.2, -0.15) is 0 Å². The predicted octanol–water partition coefficient (Wildman–Crippen LogP) is 1.86. The van der Waals surface area contributed by atoms with Crippen LogP contribution < -0.4 is 0 Å². The van der Waals surface area contributed by atoms with Crippen molar-refractivity contribution in [3.63, 3.8) is 0 Å². The van der Waals surface area contributed by atoms with Crippen LogP contribution in [0.25, 0.3) is 0 Å². The molecule has 0 fully saturated rings. The molecule has 0 aliphatic heterocycles. The highest BCUT2D eigenvalue weighted by Gasteiger charge is 2.41. The highest BCUT2D eigenvalue weighted by atomic mass is 16.5. The number of esters is 1. The molecule has 14 heavy (non-hydrogen) atoms. The molecule has 1 atom stereocenters. The van der Waals surface area contributed by atoms with E-state index in [4.69, 9.17) is 4.74 Å². The molecule has 0 aromatic carbocycles. The van der Waals surface area contributed by atoms with Crippen LogP contribution in [-0.4, -0.2) is 18.4 Å². The van der Waals surface area contributed by atoms with Crippen molar-refractivity contribution < 1.29 is 14.3 Å². The number of hydrogen-bond donors (Lipinski definition) is 0. The summed E-state index contributed by atoms with van der Waals surface area (Å²) in [6.45, 7) is 3.74. The van der Waals surface area contributed by atoms with Crippen LogP contribution >= 0.6 is 0 Å². The van der Waals surface area contributed by atoms with E-state index >= 15 is 0 Å². The number of Topliss-reactive ketones (excluding diaryl/α,β-unsaturated/α-hetero) is 1. The maximum absolute atomic E-state index is 11.7. The van der Waals surface area contributed by atoms with Crippen molar-refractivity contribution in [3.05, 3.63) is 12.2 Å². The van der Waals surface area contributed by atoms with Crippen molar-refractivity contribution in [2.75, 3.05) is 6.61 Å². The second-order valence-electron chi connectivity index (χ2n) is 3.69. The molecule has 1 aliphatic rings. The Morgan fingerprint density at radius 2 is 2.29 bits per heavy atom. The Hall–Kier alpha value is -1.12. The number of hydrogen-bond acceptors (Lipinski definition) is 3. The van der Waals surface area contributed by atoms with Crippen molar-refractivity contribution in [1.82, 2.24) is 0 Å². The Labute approximate surface area is 84.1 Å². The molecule has 0 amide bonds. The van der Waals surface area contributed by atoms with Gasteiger partial charge in [-0.25, -0.2) is 0 Å². The molecular formula is C11H16O3. The van der Waals surface area contributed by atoms with Crippen LogP contribution in [0.1, 0.15) is 33.1 Å². The summed E-state index contributed by atoms with van der Waals surface area (Å²) in [4.78, 5) is 23.3. The summed E-state index contributed by atoms with van der Waals surface area (Å²) in [6, 6.07) is 0. The van der Waals surface area contributed by atoms with Gasteiger partial charge in [0, 0.05) is 6.42 Å². The smallest absolute Gasteiger partial charge is 0.319 e. The summed E-state index contributed by atoms with van der Waals surface area (Å²) in [5, 5.41) is 0. The zero-order valence-corrected chi connectivity index (χ0v) is 8.71. The zero-order valence-electron chi connectivity index (χ0n) is 8.71.